The number of ether oxygens (including phenoxy) is 17. The Bertz CT molecular complexity index is 1920. The minimum Gasteiger partial charge on any atom is -0.463 e. The monoisotopic (exact) mass is 1280 g/mol. The van der Waals surface area contributed by atoms with Gasteiger partial charge in [-0.05, 0) is 68.3 Å². The number of hydrogen-bond donors (Lipinski definition) is 3. The van der Waals surface area contributed by atoms with Crippen LogP contribution >= 0.6 is 0 Å². The molecular formula is C61H105N5O23. The van der Waals surface area contributed by atoms with E-state index < -0.39 is 54.1 Å². The molecule has 0 aliphatic carbocycles. The van der Waals surface area contributed by atoms with Crippen LogP contribution in [0.2, 0.25) is 0 Å². The van der Waals surface area contributed by atoms with Gasteiger partial charge in [-0.2, -0.15) is 0 Å². The molecule has 2 atom stereocenters. The van der Waals surface area contributed by atoms with E-state index in [4.69, 9.17) is 80.5 Å². The molecule has 0 fully saturated rings. The zero-order valence-corrected chi connectivity index (χ0v) is 53.6. The number of amides is 5. The van der Waals surface area contributed by atoms with Gasteiger partial charge in [0.1, 0.15) is 25.2 Å². The van der Waals surface area contributed by atoms with Crippen LogP contribution in [0.1, 0.15) is 51.2 Å². The van der Waals surface area contributed by atoms with Crippen LogP contribution in [0.4, 0.5) is 5.69 Å². The van der Waals surface area contributed by atoms with Crippen molar-refractivity contribution in [2.24, 2.45) is 5.92 Å². The first-order chi connectivity index (χ1) is 43.5. The summed E-state index contributed by atoms with van der Waals surface area (Å²) in [5.41, 5.74) is 2.11. The molecule has 28 heteroatoms. The lowest BCUT2D eigenvalue weighted by atomic mass is 10.0. The summed E-state index contributed by atoms with van der Waals surface area (Å²) in [4.78, 5) is 77.9. The summed E-state index contributed by atoms with van der Waals surface area (Å²) in [7, 11) is 3.27. The van der Waals surface area contributed by atoms with E-state index in [0.29, 0.717) is 217 Å². The zero-order chi connectivity index (χ0) is 64.5. The molecular weight excluding hydrogens is 1170 g/mol. The molecule has 1 aliphatic heterocycles. The van der Waals surface area contributed by atoms with Gasteiger partial charge >= 0.3 is 0 Å². The van der Waals surface area contributed by atoms with Crippen molar-refractivity contribution < 1.29 is 109 Å². The number of carbonyl (C=O) groups excluding carboxylic acids is 6. The van der Waals surface area contributed by atoms with E-state index in [0.717, 1.165) is 67.1 Å². The van der Waals surface area contributed by atoms with Crippen molar-refractivity contribution in [3.63, 3.8) is 0 Å². The van der Waals surface area contributed by atoms with E-state index in [2.05, 4.69) is 20.9 Å². The summed E-state index contributed by atoms with van der Waals surface area (Å²) in [6.45, 7) is 21.6. The maximum atomic E-state index is 13.4. The number of hydrogen-bond acceptors (Lipinski definition) is 24. The largest absolute Gasteiger partial charge is 0.463 e. The predicted octanol–water partition coefficient (Wildman–Crippen LogP) is 1.41. The Morgan fingerprint density at radius 1 is 0.472 bits per heavy atom. The number of nitrogens with zero attached hydrogens (tertiary/aromatic N) is 2. The smallest absolute Gasteiger partial charge is 0.293 e. The maximum absolute atomic E-state index is 13.4. The Kier molecular flexibility index (Phi) is 51.7. The SMILES string of the molecule is COCCOCCOCCOCCOCCOCCOCCOCCCN(CCCOCCOCCOCCOCCOCCOCCOCCOC)CCCc1cc(NC(=O)[C@H](C)NC(=O)[C@@H](NC(=O)CN2C(=O)C=CC2=O)C(C)C)ccc1COC=O. The van der Waals surface area contributed by atoms with Crippen molar-refractivity contribution in [2.75, 3.05) is 244 Å². The summed E-state index contributed by atoms with van der Waals surface area (Å²) >= 11 is 0. The highest BCUT2D eigenvalue weighted by Crippen LogP contribution is 2.20. The van der Waals surface area contributed by atoms with Gasteiger partial charge < -0.3 is 101 Å². The molecule has 2 rings (SSSR count). The molecule has 0 saturated heterocycles. The number of rotatable bonds is 65. The molecule has 0 spiro atoms. The number of anilines is 1. The molecule has 1 aromatic rings. The van der Waals surface area contributed by atoms with Gasteiger partial charge in [-0.15, -0.1) is 0 Å². The van der Waals surface area contributed by atoms with Crippen LogP contribution in [0.15, 0.2) is 30.4 Å². The average Bonchev–Trinajstić information content (AvgIpc) is 3.44. The third kappa shape index (κ3) is 44.4. The number of aryl methyl sites for hydroxylation is 1. The lowest BCUT2D eigenvalue weighted by Gasteiger charge is -2.25. The van der Waals surface area contributed by atoms with Crippen LogP contribution in [-0.4, -0.2) is 296 Å². The maximum Gasteiger partial charge on any atom is 0.293 e. The van der Waals surface area contributed by atoms with Crippen molar-refractivity contribution in [1.82, 2.24) is 20.4 Å². The van der Waals surface area contributed by atoms with Gasteiger partial charge in [0.05, 0.1) is 185 Å². The van der Waals surface area contributed by atoms with Crippen LogP contribution in [0.25, 0.3) is 0 Å². The lowest BCUT2D eigenvalue weighted by Crippen LogP contribution is -2.55. The van der Waals surface area contributed by atoms with Crippen LogP contribution in [0.3, 0.4) is 0 Å². The van der Waals surface area contributed by atoms with E-state index in [1.54, 1.807) is 40.2 Å². The van der Waals surface area contributed by atoms with Gasteiger partial charge in [0.2, 0.25) is 17.7 Å². The van der Waals surface area contributed by atoms with E-state index in [9.17, 15) is 28.8 Å². The van der Waals surface area contributed by atoms with Crippen LogP contribution in [0, 0.1) is 5.92 Å². The van der Waals surface area contributed by atoms with Crippen LogP contribution in [0.5, 0.6) is 0 Å². The number of nitrogens with one attached hydrogen (secondary N) is 3. The minimum absolute atomic E-state index is 0.0406. The van der Waals surface area contributed by atoms with Gasteiger partial charge in [-0.3, -0.25) is 33.7 Å². The highest BCUT2D eigenvalue weighted by Gasteiger charge is 2.30. The van der Waals surface area contributed by atoms with Crippen molar-refractivity contribution in [1.29, 1.82) is 0 Å². The minimum atomic E-state index is -1.05. The van der Waals surface area contributed by atoms with Crippen molar-refractivity contribution in [2.45, 2.75) is 65.1 Å². The lowest BCUT2D eigenvalue weighted by molar-refractivity contribution is -0.141. The molecule has 0 aromatic heterocycles. The van der Waals surface area contributed by atoms with E-state index >= 15 is 0 Å². The molecule has 0 unspecified atom stereocenters. The molecule has 512 valence electrons. The first kappa shape index (κ1) is 80.4. The van der Waals surface area contributed by atoms with Gasteiger partial charge in [0.25, 0.3) is 18.3 Å². The van der Waals surface area contributed by atoms with Gasteiger partial charge in [0.15, 0.2) is 0 Å². The summed E-state index contributed by atoms with van der Waals surface area (Å²) < 4.78 is 93.1. The van der Waals surface area contributed by atoms with Crippen molar-refractivity contribution in [3.8, 4) is 0 Å². The second-order valence-electron chi connectivity index (χ2n) is 20.2. The van der Waals surface area contributed by atoms with Gasteiger partial charge in [-0.25, -0.2) is 0 Å². The summed E-state index contributed by atoms with van der Waals surface area (Å²) in [5, 5.41) is 8.10. The number of carbonyl (C=O) groups is 6. The topological polar surface area (TPSA) is 302 Å². The number of methoxy groups -OCH3 is 2. The van der Waals surface area contributed by atoms with Crippen LogP contribution < -0.4 is 16.0 Å². The van der Waals surface area contributed by atoms with Gasteiger partial charge in [0, 0.05) is 58.4 Å². The van der Waals surface area contributed by atoms with E-state index in [1.807, 2.05) is 6.07 Å². The summed E-state index contributed by atoms with van der Waals surface area (Å²) in [6, 6.07) is 3.23. The second-order valence-corrected chi connectivity index (χ2v) is 20.2. The summed E-state index contributed by atoms with van der Waals surface area (Å²) in [5.74, 6) is -3.47. The molecule has 1 heterocycles. The molecule has 3 N–H and O–H groups in total. The van der Waals surface area contributed by atoms with Crippen molar-refractivity contribution >= 4 is 41.7 Å². The second kappa shape index (κ2) is 57.2. The molecule has 0 saturated carbocycles. The molecule has 0 bridgehead atoms. The number of imide groups is 1. The fourth-order valence-electron chi connectivity index (χ4n) is 8.04. The Balaban J connectivity index is 1.77. The Hall–Kier alpha value is -4.70. The molecule has 5 amide bonds. The Morgan fingerprint density at radius 2 is 0.831 bits per heavy atom. The van der Waals surface area contributed by atoms with Crippen LogP contribution in [-0.2, 0) is 122 Å². The fourth-order valence-corrected chi connectivity index (χ4v) is 8.04. The molecule has 89 heavy (non-hydrogen) atoms. The zero-order valence-electron chi connectivity index (χ0n) is 53.6. The Labute approximate surface area is 526 Å². The Morgan fingerprint density at radius 3 is 1.19 bits per heavy atom. The predicted molar refractivity (Wildman–Crippen MR) is 325 cm³/mol. The third-order valence-electron chi connectivity index (χ3n) is 12.8. The normalized spacial score (nSPS) is 13.0. The highest BCUT2D eigenvalue weighted by molar-refractivity contribution is 6.14. The van der Waals surface area contributed by atoms with Crippen molar-refractivity contribution in [3.05, 3.63) is 41.5 Å². The fraction of sp³-hybridized carbons (Fsp3) is 0.770. The van der Waals surface area contributed by atoms with Gasteiger partial charge in [-0.1, -0.05) is 19.9 Å². The third-order valence-corrected chi connectivity index (χ3v) is 12.8. The average molecular weight is 1280 g/mol. The summed E-state index contributed by atoms with van der Waals surface area (Å²) in [6.07, 6.45) is 5.03. The molecule has 0 radical (unpaired) electrons. The van der Waals surface area contributed by atoms with E-state index in [1.165, 1.54) is 6.92 Å². The molecule has 1 aliphatic rings. The number of benzene rings is 1. The molecule has 28 nitrogen and oxygen atoms in total. The standard InChI is InChI=1S/C61H105N5O23/c1-51(2)59(64-56(68)48-66-57(69)12-13-58(66)70)61(72)62-52(3)60(71)63-55-11-10-54(49-89-50-67)53(47-55)9-6-14-65(15-7-17-75-23-25-79-31-33-83-39-41-87-45-43-85-37-35-81-29-27-77-21-19-73-4)16-8-18-76-24-26-80-32-34-84-40-42-88-46-44-86-38-36-82-30-28-78-22-20-74-5/h10-13,47,50-52,59H,6-9,14-46,48-49H2,1-5H3,(H,62,72)(H,63,71)(H,64,68)/t52-,59-/m0/s1. The molecule has 1 aromatic carbocycles. The first-order valence-electron chi connectivity index (χ1n) is 30.9. The highest BCUT2D eigenvalue weighted by atomic mass is 16.6. The first-order valence-corrected chi connectivity index (χ1v) is 30.9. The van der Waals surface area contributed by atoms with E-state index in [-0.39, 0.29) is 6.61 Å². The quantitative estimate of drug-likeness (QED) is 0.0472.